The van der Waals surface area contributed by atoms with Crippen molar-refractivity contribution in [1.29, 1.82) is 0 Å². The molecule has 0 spiro atoms. The molecule has 0 amide bonds. The van der Waals surface area contributed by atoms with Gasteiger partial charge in [-0.25, -0.2) is 8.42 Å². The number of halogens is 2. The summed E-state index contributed by atoms with van der Waals surface area (Å²) in [5.41, 5.74) is 0.629. The van der Waals surface area contributed by atoms with E-state index < -0.39 is 9.05 Å². The summed E-state index contributed by atoms with van der Waals surface area (Å²) in [6.07, 6.45) is 1.74. The molecule has 0 radical (unpaired) electrons. The minimum absolute atomic E-state index is 0.148. The molecule has 0 aliphatic carbocycles. The lowest BCUT2D eigenvalue weighted by molar-refractivity contribution is 0.325. The van der Waals surface area contributed by atoms with Crippen LogP contribution in [0.2, 0.25) is 5.02 Å². The van der Waals surface area contributed by atoms with Crippen molar-refractivity contribution in [2.24, 2.45) is 0 Å². The van der Waals surface area contributed by atoms with Gasteiger partial charge in [-0.1, -0.05) is 23.7 Å². The molecular formula is C10H8Cl2O3S. The molecule has 2 rings (SSSR count). The van der Waals surface area contributed by atoms with Crippen LogP contribution in [0, 0.1) is 0 Å². The smallest absolute Gasteiger partial charge is 0.257 e. The Morgan fingerprint density at radius 1 is 1.31 bits per heavy atom. The lowest BCUT2D eigenvalue weighted by Crippen LogP contribution is -2.00. The maximum absolute atomic E-state index is 11.2. The van der Waals surface area contributed by atoms with Gasteiger partial charge in [0, 0.05) is 22.7 Å². The molecule has 0 saturated carbocycles. The number of hydrogen-bond donors (Lipinski definition) is 0. The monoisotopic (exact) mass is 278 g/mol. The Morgan fingerprint density at radius 3 is 2.75 bits per heavy atom. The predicted octanol–water partition coefficient (Wildman–Crippen LogP) is 3.03. The summed E-state index contributed by atoms with van der Waals surface area (Å²) in [5, 5.41) is 0.460. The van der Waals surface area contributed by atoms with Gasteiger partial charge >= 0.3 is 0 Å². The zero-order valence-electron chi connectivity index (χ0n) is 8.11. The molecule has 1 heterocycles. The van der Waals surface area contributed by atoms with E-state index in [0.29, 0.717) is 16.3 Å². The lowest BCUT2D eigenvalue weighted by Gasteiger charge is -2.06. The Kier molecular flexibility index (Phi) is 3.15. The third-order valence-electron chi connectivity index (χ3n) is 2.22. The van der Waals surface area contributed by atoms with Gasteiger partial charge in [-0.3, -0.25) is 0 Å². The van der Waals surface area contributed by atoms with E-state index in [1.807, 2.05) is 0 Å². The summed E-state index contributed by atoms with van der Waals surface area (Å²) < 4.78 is 27.9. The van der Waals surface area contributed by atoms with Gasteiger partial charge in [-0.15, -0.1) is 0 Å². The first-order valence-corrected chi connectivity index (χ1v) is 7.24. The fourth-order valence-corrected chi connectivity index (χ4v) is 2.68. The van der Waals surface area contributed by atoms with E-state index >= 15 is 0 Å². The zero-order valence-corrected chi connectivity index (χ0v) is 10.4. The van der Waals surface area contributed by atoms with Crippen LogP contribution in [0.3, 0.4) is 0 Å². The molecule has 3 nitrogen and oxygen atoms in total. The average molecular weight is 279 g/mol. The fourth-order valence-electron chi connectivity index (χ4n) is 1.48. The minimum atomic E-state index is -3.69. The van der Waals surface area contributed by atoms with E-state index in [0.717, 1.165) is 0 Å². The first-order chi connectivity index (χ1) is 7.48. The van der Waals surface area contributed by atoms with Crippen molar-refractivity contribution in [3.05, 3.63) is 33.7 Å². The molecule has 1 aliphatic heterocycles. The van der Waals surface area contributed by atoms with Crippen molar-refractivity contribution in [3.8, 4) is 5.75 Å². The molecule has 6 heteroatoms. The van der Waals surface area contributed by atoms with Crippen LogP contribution in [0.15, 0.2) is 23.1 Å². The van der Waals surface area contributed by atoms with Gasteiger partial charge in [0.15, 0.2) is 0 Å². The van der Waals surface area contributed by atoms with Gasteiger partial charge in [-0.05, 0) is 12.1 Å². The quantitative estimate of drug-likeness (QED) is 0.742. The highest BCUT2D eigenvalue weighted by Crippen LogP contribution is 2.34. The van der Waals surface area contributed by atoms with Crippen molar-refractivity contribution in [1.82, 2.24) is 0 Å². The first kappa shape index (κ1) is 11.8. The Hall–Kier alpha value is -0.710. The Morgan fingerprint density at radius 2 is 2.06 bits per heavy atom. The molecule has 16 heavy (non-hydrogen) atoms. The molecule has 0 atom stereocenters. The third-order valence-corrected chi connectivity index (χ3v) is 4.06. The predicted molar refractivity (Wildman–Crippen MR) is 64.3 cm³/mol. The van der Waals surface area contributed by atoms with E-state index in [4.69, 9.17) is 27.0 Å². The lowest BCUT2D eigenvalue weighted by atomic mass is 10.2. The molecule has 0 aromatic heterocycles. The van der Waals surface area contributed by atoms with Crippen molar-refractivity contribution in [3.63, 3.8) is 0 Å². The van der Waals surface area contributed by atoms with Gasteiger partial charge in [-0.2, -0.15) is 0 Å². The molecule has 0 bridgehead atoms. The fraction of sp³-hybridized carbons (Fsp3) is 0.200. The standard InChI is InChI=1S/C10H8Cl2O3S/c11-9-3-1-2-7-6-8(16(12,13)14)4-5-15-10(7)9/h1-3,6H,4-5H2. The van der Waals surface area contributed by atoms with Gasteiger partial charge in [0.25, 0.3) is 9.05 Å². The van der Waals surface area contributed by atoms with E-state index in [1.165, 1.54) is 6.08 Å². The van der Waals surface area contributed by atoms with Gasteiger partial charge in [0.1, 0.15) is 5.75 Å². The highest BCUT2D eigenvalue weighted by molar-refractivity contribution is 8.16. The van der Waals surface area contributed by atoms with Crippen LogP contribution in [0.25, 0.3) is 6.08 Å². The maximum atomic E-state index is 11.2. The molecule has 86 valence electrons. The number of para-hydroxylation sites is 1. The van der Waals surface area contributed by atoms with Crippen LogP contribution >= 0.6 is 22.3 Å². The summed E-state index contributed by atoms with van der Waals surface area (Å²) in [7, 11) is 1.61. The van der Waals surface area contributed by atoms with Gasteiger partial charge in [0.2, 0.25) is 0 Å². The van der Waals surface area contributed by atoms with Crippen molar-refractivity contribution in [2.75, 3.05) is 6.61 Å². The second-order valence-corrected chi connectivity index (χ2v) is 6.33. The summed E-state index contributed by atoms with van der Waals surface area (Å²) in [6.45, 7) is 0.245. The Balaban J connectivity index is 2.57. The van der Waals surface area contributed by atoms with Crippen LogP contribution < -0.4 is 4.74 Å². The third kappa shape index (κ3) is 2.34. The second-order valence-electron chi connectivity index (χ2n) is 3.31. The van der Waals surface area contributed by atoms with Crippen LogP contribution in [0.4, 0.5) is 0 Å². The number of hydrogen-bond acceptors (Lipinski definition) is 3. The number of fused-ring (bicyclic) bond motifs is 1. The van der Waals surface area contributed by atoms with Crippen molar-refractivity contribution < 1.29 is 13.2 Å². The van der Waals surface area contributed by atoms with Crippen LogP contribution in [0.1, 0.15) is 12.0 Å². The number of ether oxygens (including phenoxy) is 1. The van der Waals surface area contributed by atoms with Crippen LogP contribution in [-0.4, -0.2) is 15.0 Å². The van der Waals surface area contributed by atoms with Crippen molar-refractivity contribution >= 4 is 37.4 Å². The molecule has 0 fully saturated rings. The molecule has 1 aliphatic rings. The van der Waals surface area contributed by atoms with Gasteiger partial charge in [0.05, 0.1) is 16.5 Å². The average Bonchev–Trinajstić information content (AvgIpc) is 2.39. The molecule has 0 N–H and O–H groups in total. The van der Waals surface area contributed by atoms with E-state index in [9.17, 15) is 8.42 Å². The van der Waals surface area contributed by atoms with Crippen LogP contribution in [0.5, 0.6) is 5.75 Å². The SMILES string of the molecule is O=S(=O)(Cl)C1=Cc2cccc(Cl)c2OCC1. The highest BCUT2D eigenvalue weighted by Gasteiger charge is 2.19. The van der Waals surface area contributed by atoms with Crippen molar-refractivity contribution in [2.45, 2.75) is 6.42 Å². The summed E-state index contributed by atoms with van der Waals surface area (Å²) in [6, 6.07) is 5.15. The minimum Gasteiger partial charge on any atom is -0.491 e. The maximum Gasteiger partial charge on any atom is 0.257 e. The molecule has 0 saturated heterocycles. The summed E-state index contributed by atoms with van der Waals surface area (Å²) >= 11 is 5.94. The van der Waals surface area contributed by atoms with E-state index in [1.54, 1.807) is 18.2 Å². The number of rotatable bonds is 1. The molecule has 0 unspecified atom stereocenters. The van der Waals surface area contributed by atoms with Crippen LogP contribution in [-0.2, 0) is 9.05 Å². The molecule has 1 aromatic carbocycles. The molecular weight excluding hydrogens is 271 g/mol. The van der Waals surface area contributed by atoms with E-state index in [2.05, 4.69) is 0 Å². The Bertz CT molecular complexity index is 549. The van der Waals surface area contributed by atoms with E-state index in [-0.39, 0.29) is 17.9 Å². The largest absolute Gasteiger partial charge is 0.491 e. The van der Waals surface area contributed by atoms with Gasteiger partial charge < -0.3 is 4.74 Å². The zero-order chi connectivity index (χ0) is 11.8. The molecule has 1 aromatic rings. The number of benzene rings is 1. The summed E-state index contributed by atoms with van der Waals surface area (Å²) in [4.78, 5) is 0.148. The second kappa shape index (κ2) is 4.28. The Labute approximate surface area is 103 Å². The first-order valence-electron chi connectivity index (χ1n) is 4.55. The topological polar surface area (TPSA) is 43.4 Å². The normalized spacial score (nSPS) is 15.8. The highest BCUT2D eigenvalue weighted by atomic mass is 35.7. The summed E-state index contributed by atoms with van der Waals surface area (Å²) in [5.74, 6) is 0.500.